The van der Waals surface area contributed by atoms with Crippen molar-refractivity contribution >= 4 is 29.1 Å². The molecule has 27 heavy (non-hydrogen) atoms. The maximum absolute atomic E-state index is 11.7. The molecule has 0 saturated heterocycles. The first-order valence-corrected chi connectivity index (χ1v) is 10.1. The summed E-state index contributed by atoms with van der Waals surface area (Å²) in [5, 5.41) is 8.91. The van der Waals surface area contributed by atoms with E-state index in [0.717, 1.165) is 30.5 Å². The van der Waals surface area contributed by atoms with Crippen molar-refractivity contribution in [1.29, 1.82) is 0 Å². The molecular weight excluding hydrogens is 385 g/mol. The van der Waals surface area contributed by atoms with Crippen LogP contribution in [0.2, 0.25) is 10.0 Å². The minimum atomic E-state index is -0.105. The molecule has 0 atom stereocenters. The molecule has 0 unspecified atom stereocenters. The summed E-state index contributed by atoms with van der Waals surface area (Å²) in [5.41, 5.74) is 4.55. The molecular formula is C20H27Cl2N3O2. The summed E-state index contributed by atoms with van der Waals surface area (Å²) in [4.78, 5) is 11.7. The van der Waals surface area contributed by atoms with E-state index in [-0.39, 0.29) is 12.5 Å². The van der Waals surface area contributed by atoms with E-state index >= 15 is 0 Å². The first-order valence-electron chi connectivity index (χ1n) is 9.35. The second-order valence-corrected chi connectivity index (χ2v) is 7.12. The minimum Gasteiger partial charge on any atom is -0.372 e. The number of nitrogens with zero attached hydrogens (tertiary/aromatic N) is 2. The third-order valence-electron chi connectivity index (χ3n) is 4.31. The van der Waals surface area contributed by atoms with Crippen LogP contribution >= 0.6 is 23.2 Å². The van der Waals surface area contributed by atoms with Gasteiger partial charge < -0.3 is 10.1 Å². The van der Waals surface area contributed by atoms with Crippen molar-refractivity contribution in [3.63, 3.8) is 0 Å². The third kappa shape index (κ3) is 6.23. The van der Waals surface area contributed by atoms with E-state index in [4.69, 9.17) is 33.0 Å². The second-order valence-electron chi connectivity index (χ2n) is 6.24. The number of ether oxygens (including phenoxy) is 1. The third-order valence-corrected chi connectivity index (χ3v) is 4.74. The van der Waals surface area contributed by atoms with E-state index in [1.54, 1.807) is 6.07 Å². The SMILES string of the molecule is CCOCC(=O)NCCn1nc(CC)c(Cc2cc(Cl)cc(Cl)c2)c1CC. The topological polar surface area (TPSA) is 56.1 Å². The molecule has 2 rings (SSSR count). The summed E-state index contributed by atoms with van der Waals surface area (Å²) in [6.45, 7) is 7.86. The van der Waals surface area contributed by atoms with Crippen LogP contribution in [0.4, 0.5) is 0 Å². The van der Waals surface area contributed by atoms with Gasteiger partial charge in [-0.15, -0.1) is 0 Å². The molecule has 2 aromatic rings. The number of carbonyl (C=O) groups is 1. The van der Waals surface area contributed by atoms with Gasteiger partial charge in [-0.3, -0.25) is 9.48 Å². The van der Waals surface area contributed by atoms with Gasteiger partial charge in [-0.1, -0.05) is 37.0 Å². The Morgan fingerprint density at radius 1 is 1.15 bits per heavy atom. The van der Waals surface area contributed by atoms with E-state index in [1.807, 2.05) is 23.7 Å². The lowest BCUT2D eigenvalue weighted by Gasteiger charge is -2.10. The zero-order valence-corrected chi connectivity index (χ0v) is 17.7. The monoisotopic (exact) mass is 411 g/mol. The largest absolute Gasteiger partial charge is 0.372 e. The average Bonchev–Trinajstić information content (AvgIpc) is 2.95. The molecule has 0 aliphatic rings. The van der Waals surface area contributed by atoms with Crippen LogP contribution in [-0.4, -0.2) is 35.4 Å². The maximum Gasteiger partial charge on any atom is 0.246 e. The summed E-state index contributed by atoms with van der Waals surface area (Å²) in [6.07, 6.45) is 2.45. The number of hydrogen-bond donors (Lipinski definition) is 1. The summed E-state index contributed by atoms with van der Waals surface area (Å²) in [7, 11) is 0. The average molecular weight is 412 g/mol. The molecule has 7 heteroatoms. The first kappa shape index (κ1) is 21.7. The van der Waals surface area contributed by atoms with E-state index < -0.39 is 0 Å². The molecule has 0 aliphatic heterocycles. The number of aryl methyl sites for hydroxylation is 1. The number of aromatic nitrogens is 2. The Kier molecular flexibility index (Phi) is 8.61. The Morgan fingerprint density at radius 3 is 2.44 bits per heavy atom. The smallest absolute Gasteiger partial charge is 0.246 e. The number of benzene rings is 1. The quantitative estimate of drug-likeness (QED) is 0.641. The summed E-state index contributed by atoms with van der Waals surface area (Å²) in [5.74, 6) is -0.105. The lowest BCUT2D eigenvalue weighted by atomic mass is 10.0. The van der Waals surface area contributed by atoms with Crippen LogP contribution in [0.25, 0.3) is 0 Å². The number of nitrogens with one attached hydrogen (secondary N) is 1. The first-order chi connectivity index (χ1) is 13.0. The summed E-state index contributed by atoms with van der Waals surface area (Å²) < 4.78 is 7.11. The van der Waals surface area contributed by atoms with Gasteiger partial charge in [-0.2, -0.15) is 5.10 Å². The highest BCUT2D eigenvalue weighted by atomic mass is 35.5. The second kappa shape index (κ2) is 10.7. The van der Waals surface area contributed by atoms with Crippen LogP contribution in [-0.2, 0) is 35.3 Å². The van der Waals surface area contributed by atoms with Crippen LogP contribution in [0.15, 0.2) is 18.2 Å². The number of amides is 1. The van der Waals surface area contributed by atoms with Crippen molar-refractivity contribution in [1.82, 2.24) is 15.1 Å². The van der Waals surface area contributed by atoms with Crippen molar-refractivity contribution in [3.8, 4) is 0 Å². The Hall–Kier alpha value is -1.56. The molecule has 0 radical (unpaired) electrons. The number of hydrogen-bond acceptors (Lipinski definition) is 3. The molecule has 0 saturated carbocycles. The van der Waals surface area contributed by atoms with E-state index in [1.165, 1.54) is 11.3 Å². The summed E-state index contributed by atoms with van der Waals surface area (Å²) >= 11 is 12.3. The van der Waals surface area contributed by atoms with Crippen molar-refractivity contribution in [2.24, 2.45) is 0 Å². The highest BCUT2D eigenvalue weighted by Gasteiger charge is 2.16. The van der Waals surface area contributed by atoms with Gasteiger partial charge in [0, 0.05) is 40.9 Å². The molecule has 1 aromatic heterocycles. The fraction of sp³-hybridized carbons (Fsp3) is 0.500. The molecule has 0 fully saturated rings. The number of halogens is 2. The summed E-state index contributed by atoms with van der Waals surface area (Å²) in [6, 6.07) is 5.62. The zero-order chi connectivity index (χ0) is 19.8. The molecule has 1 N–H and O–H groups in total. The Morgan fingerprint density at radius 2 is 1.85 bits per heavy atom. The number of rotatable bonds is 10. The zero-order valence-electron chi connectivity index (χ0n) is 16.1. The minimum absolute atomic E-state index is 0.0945. The Bertz CT molecular complexity index is 755. The maximum atomic E-state index is 11.7. The van der Waals surface area contributed by atoms with Crippen LogP contribution in [0.5, 0.6) is 0 Å². The van der Waals surface area contributed by atoms with Gasteiger partial charge in [0.15, 0.2) is 0 Å². The van der Waals surface area contributed by atoms with Crippen molar-refractivity contribution in [3.05, 3.63) is 50.8 Å². The molecule has 0 bridgehead atoms. The fourth-order valence-corrected chi connectivity index (χ4v) is 3.69. The van der Waals surface area contributed by atoms with Gasteiger partial charge >= 0.3 is 0 Å². The lowest BCUT2D eigenvalue weighted by Crippen LogP contribution is -2.31. The van der Waals surface area contributed by atoms with Gasteiger partial charge in [0.25, 0.3) is 0 Å². The van der Waals surface area contributed by atoms with E-state index in [0.29, 0.717) is 29.7 Å². The van der Waals surface area contributed by atoms with Gasteiger partial charge in [-0.25, -0.2) is 0 Å². The van der Waals surface area contributed by atoms with Crippen molar-refractivity contribution in [2.75, 3.05) is 19.8 Å². The fourth-order valence-electron chi connectivity index (χ4n) is 3.12. The molecule has 1 amide bonds. The normalized spacial score (nSPS) is 11.0. The van der Waals surface area contributed by atoms with E-state index in [2.05, 4.69) is 19.2 Å². The molecule has 0 aliphatic carbocycles. The highest BCUT2D eigenvalue weighted by molar-refractivity contribution is 6.34. The van der Waals surface area contributed by atoms with Crippen LogP contribution in [0, 0.1) is 0 Å². The Labute approximate surface area is 171 Å². The van der Waals surface area contributed by atoms with Crippen LogP contribution in [0.1, 0.15) is 43.3 Å². The standard InChI is InChI=1S/C20H27Cl2N3O2/c1-4-18-17(11-14-9-15(21)12-16(22)10-14)19(5-2)25(24-18)8-7-23-20(26)13-27-6-3/h9-10,12H,4-8,11,13H2,1-3H3,(H,23,26). The van der Waals surface area contributed by atoms with Gasteiger partial charge in [0.05, 0.1) is 12.2 Å². The molecule has 148 valence electrons. The van der Waals surface area contributed by atoms with Gasteiger partial charge in [0.2, 0.25) is 5.91 Å². The molecule has 5 nitrogen and oxygen atoms in total. The van der Waals surface area contributed by atoms with Crippen molar-refractivity contribution < 1.29 is 9.53 Å². The van der Waals surface area contributed by atoms with Gasteiger partial charge in [-0.05, 0) is 43.5 Å². The van der Waals surface area contributed by atoms with Gasteiger partial charge in [0.1, 0.15) is 6.61 Å². The molecule has 0 spiro atoms. The van der Waals surface area contributed by atoms with Crippen LogP contribution < -0.4 is 5.32 Å². The van der Waals surface area contributed by atoms with Crippen molar-refractivity contribution in [2.45, 2.75) is 46.6 Å². The predicted octanol–water partition coefficient (Wildman–Crippen LogP) is 4.06. The molecule has 1 heterocycles. The Balaban J connectivity index is 2.14. The lowest BCUT2D eigenvalue weighted by molar-refractivity contribution is -0.125. The van der Waals surface area contributed by atoms with E-state index in [9.17, 15) is 4.79 Å². The van der Waals surface area contributed by atoms with Crippen LogP contribution in [0.3, 0.4) is 0 Å². The highest BCUT2D eigenvalue weighted by Crippen LogP contribution is 2.25. The number of carbonyl (C=O) groups excluding carboxylic acids is 1. The molecule has 1 aromatic carbocycles. The predicted molar refractivity (Wildman–Crippen MR) is 110 cm³/mol.